The zero-order chi connectivity index (χ0) is 43.8. The van der Waals surface area contributed by atoms with Crippen LogP contribution in [0.5, 0.6) is 0 Å². The van der Waals surface area contributed by atoms with Gasteiger partial charge in [0.05, 0.1) is 25.2 Å². The molecule has 0 spiro atoms. The van der Waals surface area contributed by atoms with Crippen LogP contribution < -0.4 is 5.32 Å². The molecule has 0 aromatic rings. The van der Waals surface area contributed by atoms with E-state index in [0.717, 1.165) is 83.5 Å². The van der Waals surface area contributed by atoms with Gasteiger partial charge in [-0.3, -0.25) is 9.59 Å². The fraction of sp³-hybridized carbons (Fsp3) is 0.630. The summed E-state index contributed by atoms with van der Waals surface area (Å²) >= 11 is 0. The summed E-state index contributed by atoms with van der Waals surface area (Å²) in [6, 6.07) is -0.729. The number of nitrogens with one attached hydrogen (secondary N) is 1. The van der Waals surface area contributed by atoms with E-state index in [-0.39, 0.29) is 24.9 Å². The molecule has 3 unspecified atom stereocenters. The Hall–Kier alpha value is -3.48. The number of esters is 1. The van der Waals surface area contributed by atoms with E-state index in [1.807, 2.05) is 60.8 Å². The van der Waals surface area contributed by atoms with Crippen LogP contribution in [-0.2, 0) is 14.3 Å². The van der Waals surface area contributed by atoms with Crippen molar-refractivity contribution in [3.63, 3.8) is 0 Å². The zero-order valence-electron chi connectivity index (χ0n) is 38.5. The minimum atomic E-state index is -0.811. The Bertz CT molecular complexity index is 1250. The Morgan fingerprint density at radius 1 is 0.517 bits per heavy atom. The molecule has 0 bridgehead atoms. The first kappa shape index (κ1) is 56.5. The summed E-state index contributed by atoms with van der Waals surface area (Å²) in [5.74, 6) is -0.576. The summed E-state index contributed by atoms with van der Waals surface area (Å²) in [5, 5.41) is 23.6. The van der Waals surface area contributed by atoms with Gasteiger partial charge in [-0.25, -0.2) is 0 Å². The molecule has 0 radical (unpaired) electrons. The molecule has 0 saturated carbocycles. The van der Waals surface area contributed by atoms with Gasteiger partial charge < -0.3 is 20.3 Å². The number of aliphatic hydroxyl groups is 2. The molecule has 0 rings (SSSR count). The number of rotatable bonds is 41. The van der Waals surface area contributed by atoms with Crippen molar-refractivity contribution in [2.75, 3.05) is 6.61 Å². The van der Waals surface area contributed by atoms with E-state index in [1.54, 1.807) is 0 Å². The number of amides is 1. The number of hydrogen-bond acceptors (Lipinski definition) is 5. The van der Waals surface area contributed by atoms with E-state index in [4.69, 9.17) is 4.74 Å². The maximum Gasteiger partial charge on any atom is 0.306 e. The lowest BCUT2D eigenvalue weighted by Gasteiger charge is -2.24. The molecular formula is C54H89NO5. The van der Waals surface area contributed by atoms with Crippen LogP contribution in [0.15, 0.2) is 109 Å². The van der Waals surface area contributed by atoms with Gasteiger partial charge in [-0.15, -0.1) is 0 Å². The fourth-order valence-electron chi connectivity index (χ4n) is 6.58. The predicted molar refractivity (Wildman–Crippen MR) is 259 cm³/mol. The largest absolute Gasteiger partial charge is 0.462 e. The van der Waals surface area contributed by atoms with Gasteiger partial charge in [0.2, 0.25) is 5.91 Å². The van der Waals surface area contributed by atoms with Crippen molar-refractivity contribution >= 4 is 11.9 Å². The first-order chi connectivity index (χ1) is 29.5. The molecule has 0 aromatic carbocycles. The van der Waals surface area contributed by atoms with Crippen LogP contribution in [0.2, 0.25) is 0 Å². The second-order valence-electron chi connectivity index (χ2n) is 15.9. The first-order valence-corrected chi connectivity index (χ1v) is 24.2. The molecule has 0 heterocycles. The average Bonchev–Trinajstić information content (AvgIpc) is 3.24. The van der Waals surface area contributed by atoms with Crippen molar-refractivity contribution in [2.24, 2.45) is 0 Å². The fourth-order valence-corrected chi connectivity index (χ4v) is 6.58. The lowest BCUT2D eigenvalue weighted by molar-refractivity contribution is -0.151. The van der Waals surface area contributed by atoms with Gasteiger partial charge in [-0.2, -0.15) is 0 Å². The highest BCUT2D eigenvalue weighted by molar-refractivity contribution is 5.77. The summed E-state index contributed by atoms with van der Waals surface area (Å²) in [7, 11) is 0. The van der Waals surface area contributed by atoms with Crippen LogP contribution in [0.3, 0.4) is 0 Å². The summed E-state index contributed by atoms with van der Waals surface area (Å²) in [4.78, 5) is 26.1. The van der Waals surface area contributed by atoms with Crippen LogP contribution in [0.1, 0.15) is 194 Å². The average molecular weight is 832 g/mol. The second kappa shape index (κ2) is 46.6. The van der Waals surface area contributed by atoms with Gasteiger partial charge in [0, 0.05) is 6.42 Å². The Morgan fingerprint density at radius 3 is 1.55 bits per heavy atom. The van der Waals surface area contributed by atoms with E-state index in [1.165, 1.54) is 64.2 Å². The minimum absolute atomic E-state index is 0.0259. The van der Waals surface area contributed by atoms with Crippen LogP contribution in [0, 0.1) is 0 Å². The molecule has 6 heteroatoms. The van der Waals surface area contributed by atoms with Gasteiger partial charge in [-0.05, 0) is 83.5 Å². The maximum atomic E-state index is 13.1. The molecule has 3 N–H and O–H groups in total. The number of hydrogen-bond donors (Lipinski definition) is 3. The zero-order valence-corrected chi connectivity index (χ0v) is 38.5. The lowest BCUT2D eigenvalue weighted by Crippen LogP contribution is -2.46. The van der Waals surface area contributed by atoms with E-state index < -0.39 is 18.2 Å². The molecule has 340 valence electrons. The highest BCUT2D eigenvalue weighted by atomic mass is 16.5. The van der Waals surface area contributed by atoms with Crippen molar-refractivity contribution in [2.45, 2.75) is 212 Å². The maximum absolute atomic E-state index is 13.1. The third-order valence-corrected chi connectivity index (χ3v) is 10.2. The Kier molecular flexibility index (Phi) is 43.9. The summed E-state index contributed by atoms with van der Waals surface area (Å²) < 4.78 is 5.88. The summed E-state index contributed by atoms with van der Waals surface area (Å²) in [6.45, 7) is 6.25. The Labute approximate surface area is 368 Å². The monoisotopic (exact) mass is 832 g/mol. The van der Waals surface area contributed by atoms with Crippen LogP contribution in [0.25, 0.3) is 0 Å². The molecule has 0 aliphatic heterocycles. The van der Waals surface area contributed by atoms with E-state index >= 15 is 0 Å². The molecule has 0 aliphatic carbocycles. The van der Waals surface area contributed by atoms with Crippen molar-refractivity contribution in [3.05, 3.63) is 109 Å². The Morgan fingerprint density at radius 2 is 0.967 bits per heavy atom. The van der Waals surface area contributed by atoms with Crippen molar-refractivity contribution in [3.8, 4) is 0 Å². The van der Waals surface area contributed by atoms with E-state index in [2.05, 4.69) is 74.7 Å². The van der Waals surface area contributed by atoms with Crippen LogP contribution >= 0.6 is 0 Å². The number of carbonyl (C=O) groups is 2. The van der Waals surface area contributed by atoms with Crippen molar-refractivity contribution in [1.82, 2.24) is 5.32 Å². The SMILES string of the molecule is CC\C=C/C=C/C=C/C=C\C=C\C=C\CCCCCC(=O)OC(CCCC/C=C\C/C=C\C/C=C\CCCCC)CC(=O)NC(CO)C(O)CCCCCCCCCCC. The van der Waals surface area contributed by atoms with Crippen molar-refractivity contribution < 1.29 is 24.5 Å². The van der Waals surface area contributed by atoms with Crippen LogP contribution in [0.4, 0.5) is 0 Å². The molecule has 0 saturated heterocycles. The molecule has 6 nitrogen and oxygen atoms in total. The molecule has 0 fully saturated rings. The smallest absolute Gasteiger partial charge is 0.306 e. The minimum Gasteiger partial charge on any atom is -0.462 e. The summed E-state index contributed by atoms with van der Waals surface area (Å²) in [5.41, 5.74) is 0. The lowest BCUT2D eigenvalue weighted by atomic mass is 10.0. The first-order valence-electron chi connectivity index (χ1n) is 24.2. The van der Waals surface area contributed by atoms with Gasteiger partial charge in [0.1, 0.15) is 6.10 Å². The van der Waals surface area contributed by atoms with E-state index in [9.17, 15) is 19.8 Å². The van der Waals surface area contributed by atoms with Gasteiger partial charge >= 0.3 is 5.97 Å². The van der Waals surface area contributed by atoms with E-state index in [0.29, 0.717) is 19.3 Å². The number of unbranched alkanes of at least 4 members (excludes halogenated alkanes) is 16. The quantitative estimate of drug-likeness (QED) is 0.0247. The number of carbonyl (C=O) groups excluding carboxylic acids is 2. The molecule has 3 atom stereocenters. The third-order valence-electron chi connectivity index (χ3n) is 10.2. The number of allylic oxidation sites excluding steroid dienone is 18. The number of ether oxygens (including phenoxy) is 1. The molecule has 0 aliphatic rings. The number of aliphatic hydroxyl groups excluding tert-OH is 2. The Balaban J connectivity index is 4.80. The summed E-state index contributed by atoms with van der Waals surface area (Å²) in [6.07, 6.45) is 62.8. The normalized spacial score (nSPS) is 14.3. The topological polar surface area (TPSA) is 95.9 Å². The molecular weight excluding hydrogens is 743 g/mol. The highest BCUT2D eigenvalue weighted by Gasteiger charge is 2.24. The second-order valence-corrected chi connectivity index (χ2v) is 15.9. The van der Waals surface area contributed by atoms with Crippen molar-refractivity contribution in [1.29, 1.82) is 0 Å². The van der Waals surface area contributed by atoms with Gasteiger partial charge in [0.25, 0.3) is 0 Å². The van der Waals surface area contributed by atoms with Gasteiger partial charge in [-0.1, -0.05) is 207 Å². The predicted octanol–water partition coefficient (Wildman–Crippen LogP) is 14.3. The highest BCUT2D eigenvalue weighted by Crippen LogP contribution is 2.16. The molecule has 0 aromatic heterocycles. The van der Waals surface area contributed by atoms with Crippen LogP contribution in [-0.4, -0.2) is 46.9 Å². The third kappa shape index (κ3) is 41.3. The van der Waals surface area contributed by atoms with Gasteiger partial charge in [0.15, 0.2) is 0 Å². The molecule has 1 amide bonds. The standard InChI is InChI=1S/C54H89NO5/c1-4-7-10-13-16-19-21-23-25-26-28-30-32-35-38-41-44-47-54(59)60-50(45-42-39-36-34-31-29-27-24-22-20-17-14-11-8-5-2)48-53(58)55-51(49-56)52(57)46-43-40-37-33-18-15-12-9-6-3/h7,10,13,16-17,19-21,23-28,30-32,34,50-52,56-57H,4-6,8-9,11-12,14-15,18,22,29,33,35-49H2,1-3H3,(H,55,58)/b10-7-,16-13+,20-17-,21-19+,25-23-,27-24-,28-26+,32-30+,34-31-. The molecule has 60 heavy (non-hydrogen) atoms.